The van der Waals surface area contributed by atoms with Crippen LogP contribution in [0, 0.1) is 0 Å². The minimum atomic E-state index is -0.564. The van der Waals surface area contributed by atoms with Gasteiger partial charge < -0.3 is 14.4 Å². The fourth-order valence-corrected chi connectivity index (χ4v) is 13.5. The first-order valence-electron chi connectivity index (χ1n) is 24.6. The predicted molar refractivity (Wildman–Crippen MR) is 288 cm³/mol. The number of rotatable bonds is 3. The zero-order valence-corrected chi connectivity index (χ0v) is 38.4. The van der Waals surface area contributed by atoms with Gasteiger partial charge in [0.15, 0.2) is 0 Å². The van der Waals surface area contributed by atoms with Crippen LogP contribution in [0.3, 0.4) is 0 Å². The molecule has 0 atom stereocenters. The summed E-state index contributed by atoms with van der Waals surface area (Å²) in [5.41, 5.74) is 16.7. The average Bonchev–Trinajstić information content (AvgIpc) is 3.88. The van der Waals surface area contributed by atoms with Crippen LogP contribution in [0.5, 0.6) is 23.0 Å². The zero-order chi connectivity index (χ0) is 46.4. The smallest absolute Gasteiger partial charge is 0.132 e. The van der Waals surface area contributed by atoms with Crippen molar-refractivity contribution in [2.75, 3.05) is 4.90 Å². The summed E-state index contributed by atoms with van der Waals surface area (Å²) < 4.78 is 13.4. The maximum Gasteiger partial charge on any atom is 0.132 e. The van der Waals surface area contributed by atoms with Gasteiger partial charge in [0.2, 0.25) is 0 Å². The van der Waals surface area contributed by atoms with E-state index in [2.05, 4.69) is 254 Å². The molecule has 330 valence electrons. The van der Waals surface area contributed by atoms with Crippen LogP contribution in [-0.2, 0) is 10.8 Å². The Kier molecular flexibility index (Phi) is 7.75. The standard InChI is InChI=1S/C68H41NO2/c1-2-19-47-45(17-1)46-18-3-4-20-48(46)52-39-42(33-36-49(47)52)69(43-34-37-57-53(40-43)50-21-5-7-23-55(50)67(57)59-25-9-13-29-63(59)70-64-30-14-10-26-60(64)67)44-35-38-58-54(41-44)51-22-6-8-24-56(51)68(58)61-27-11-15-31-65(61)71-66-32-16-12-28-62(66)68/h1-41H. The molecule has 16 rings (SSSR count). The number of benzene rings is 12. The van der Waals surface area contributed by atoms with Crippen LogP contribution in [0.2, 0.25) is 0 Å². The fourth-order valence-electron chi connectivity index (χ4n) is 13.5. The maximum atomic E-state index is 6.69. The van der Waals surface area contributed by atoms with Crippen LogP contribution in [0.4, 0.5) is 17.1 Å². The van der Waals surface area contributed by atoms with E-state index in [9.17, 15) is 0 Å². The largest absolute Gasteiger partial charge is 0.457 e. The SMILES string of the molecule is c1ccc2c(c1)Oc1ccccc1C21c2ccccc2-c2cc(N(c3ccc4c(c3)-c3ccccc3C43c4ccccc4Oc4ccccc43)c3ccc4c5ccccc5c5ccccc5c4c3)ccc21. The van der Waals surface area contributed by atoms with Crippen molar-refractivity contribution >= 4 is 49.4 Å². The van der Waals surface area contributed by atoms with Crippen molar-refractivity contribution in [2.45, 2.75) is 10.8 Å². The third-order valence-corrected chi connectivity index (χ3v) is 16.2. The molecule has 0 fully saturated rings. The molecule has 12 aromatic rings. The summed E-state index contributed by atoms with van der Waals surface area (Å²) in [4.78, 5) is 2.49. The Morgan fingerprint density at radius 3 is 0.944 bits per heavy atom. The Morgan fingerprint density at radius 2 is 0.521 bits per heavy atom. The Balaban J connectivity index is 0.975. The summed E-state index contributed by atoms with van der Waals surface area (Å²) in [6.07, 6.45) is 0. The second kappa shape index (κ2) is 14.2. The summed E-state index contributed by atoms with van der Waals surface area (Å²) in [5, 5.41) is 7.49. The second-order valence-corrected chi connectivity index (χ2v) is 19.4. The molecule has 71 heavy (non-hydrogen) atoms. The van der Waals surface area contributed by atoms with Gasteiger partial charge in [-0.15, -0.1) is 0 Å². The van der Waals surface area contributed by atoms with E-state index in [1.807, 2.05) is 0 Å². The van der Waals surface area contributed by atoms with Gasteiger partial charge in [0, 0.05) is 39.3 Å². The van der Waals surface area contributed by atoms with Gasteiger partial charge in [0.05, 0.1) is 10.8 Å². The van der Waals surface area contributed by atoms with Gasteiger partial charge in [0.1, 0.15) is 23.0 Å². The monoisotopic (exact) mass is 903 g/mol. The van der Waals surface area contributed by atoms with Gasteiger partial charge in [-0.2, -0.15) is 0 Å². The first kappa shape index (κ1) is 38.8. The van der Waals surface area contributed by atoms with Gasteiger partial charge in [-0.3, -0.25) is 0 Å². The van der Waals surface area contributed by atoms with Crippen LogP contribution in [0.25, 0.3) is 54.6 Å². The van der Waals surface area contributed by atoms with Crippen molar-refractivity contribution in [1.29, 1.82) is 0 Å². The summed E-state index contributed by atoms with van der Waals surface area (Å²) >= 11 is 0. The number of para-hydroxylation sites is 4. The fraction of sp³-hybridized carbons (Fsp3) is 0.0294. The highest BCUT2D eigenvalue weighted by molar-refractivity contribution is 6.26. The highest BCUT2D eigenvalue weighted by Crippen LogP contribution is 2.65. The van der Waals surface area contributed by atoms with E-state index < -0.39 is 10.8 Å². The molecular formula is C68H41NO2. The minimum absolute atomic E-state index is 0.564. The topological polar surface area (TPSA) is 21.7 Å². The number of hydrogen-bond donors (Lipinski definition) is 0. The Morgan fingerprint density at radius 1 is 0.225 bits per heavy atom. The molecule has 3 heteroatoms. The van der Waals surface area contributed by atoms with Gasteiger partial charge in [-0.25, -0.2) is 0 Å². The van der Waals surface area contributed by atoms with Crippen LogP contribution in [0.1, 0.15) is 44.5 Å². The molecule has 2 aliphatic heterocycles. The lowest BCUT2D eigenvalue weighted by Crippen LogP contribution is -2.32. The van der Waals surface area contributed by atoms with E-state index in [0.717, 1.165) is 62.3 Å². The number of ether oxygens (including phenoxy) is 2. The lowest BCUT2D eigenvalue weighted by Gasteiger charge is -2.39. The molecule has 4 aliphatic rings. The third-order valence-electron chi connectivity index (χ3n) is 16.2. The number of fused-ring (bicyclic) bond motifs is 24. The van der Waals surface area contributed by atoms with Crippen molar-refractivity contribution in [1.82, 2.24) is 0 Å². The van der Waals surface area contributed by atoms with Crippen LogP contribution < -0.4 is 14.4 Å². The van der Waals surface area contributed by atoms with Gasteiger partial charge in [-0.1, -0.05) is 188 Å². The Bertz CT molecular complexity index is 3960. The Labute approximate surface area is 411 Å². The van der Waals surface area contributed by atoms with Crippen LogP contribution in [-0.4, -0.2) is 0 Å². The molecule has 2 heterocycles. The predicted octanol–water partition coefficient (Wildman–Crippen LogP) is 17.6. The molecule has 0 saturated heterocycles. The molecule has 0 saturated carbocycles. The van der Waals surface area contributed by atoms with E-state index in [-0.39, 0.29) is 0 Å². The molecule has 0 radical (unpaired) electrons. The van der Waals surface area contributed by atoms with Crippen molar-refractivity contribution in [2.24, 2.45) is 0 Å². The van der Waals surface area contributed by atoms with E-state index in [1.54, 1.807) is 0 Å². The molecule has 0 N–H and O–H groups in total. The van der Waals surface area contributed by atoms with E-state index >= 15 is 0 Å². The van der Waals surface area contributed by atoms with Crippen molar-refractivity contribution < 1.29 is 9.47 Å². The molecule has 0 unspecified atom stereocenters. The normalized spacial score (nSPS) is 14.4. The molecular weight excluding hydrogens is 863 g/mol. The molecule has 12 aromatic carbocycles. The van der Waals surface area contributed by atoms with Gasteiger partial charge in [-0.05, 0) is 137 Å². The third kappa shape index (κ3) is 4.97. The number of hydrogen-bond acceptors (Lipinski definition) is 3. The number of nitrogens with zero attached hydrogens (tertiary/aromatic N) is 1. The highest BCUT2D eigenvalue weighted by atomic mass is 16.5. The lowest BCUT2D eigenvalue weighted by atomic mass is 9.66. The lowest BCUT2D eigenvalue weighted by molar-refractivity contribution is 0.436. The van der Waals surface area contributed by atoms with Gasteiger partial charge >= 0.3 is 0 Å². The molecule has 2 aliphatic carbocycles. The Hall–Kier alpha value is -9.18. The quantitative estimate of drug-likeness (QED) is 0.165. The molecule has 0 bridgehead atoms. The van der Waals surface area contributed by atoms with E-state index in [4.69, 9.17) is 9.47 Å². The first-order chi connectivity index (χ1) is 35.2. The summed E-state index contributed by atoms with van der Waals surface area (Å²) in [5.74, 6) is 3.56. The summed E-state index contributed by atoms with van der Waals surface area (Å²) in [7, 11) is 0. The molecule has 2 spiro atoms. The van der Waals surface area contributed by atoms with Crippen molar-refractivity contribution in [3.8, 4) is 45.3 Å². The first-order valence-corrected chi connectivity index (χ1v) is 24.6. The van der Waals surface area contributed by atoms with Crippen molar-refractivity contribution in [3.63, 3.8) is 0 Å². The average molecular weight is 904 g/mol. The van der Waals surface area contributed by atoms with Gasteiger partial charge in [0.25, 0.3) is 0 Å². The summed E-state index contributed by atoms with van der Waals surface area (Å²) in [6.45, 7) is 0. The zero-order valence-electron chi connectivity index (χ0n) is 38.4. The second-order valence-electron chi connectivity index (χ2n) is 19.4. The number of anilines is 3. The maximum absolute atomic E-state index is 6.69. The van der Waals surface area contributed by atoms with E-state index in [0.29, 0.717) is 0 Å². The highest BCUT2D eigenvalue weighted by Gasteiger charge is 2.53. The molecule has 3 nitrogen and oxygen atoms in total. The van der Waals surface area contributed by atoms with Crippen molar-refractivity contribution in [3.05, 3.63) is 293 Å². The minimum Gasteiger partial charge on any atom is -0.457 e. The van der Waals surface area contributed by atoms with Crippen LogP contribution in [0.15, 0.2) is 249 Å². The summed E-state index contributed by atoms with van der Waals surface area (Å²) in [6, 6.07) is 91.6. The van der Waals surface area contributed by atoms with Crippen LogP contribution >= 0.6 is 0 Å². The molecule has 0 aromatic heterocycles. The molecule has 0 amide bonds. The van der Waals surface area contributed by atoms with E-state index in [1.165, 1.54) is 76.8 Å².